The number of aliphatic carboxylic acids is 2. The molecule has 1 heterocycles. The normalized spacial score (nSPS) is 12.2. The highest BCUT2D eigenvalue weighted by molar-refractivity contribution is 7.90. The van der Waals surface area contributed by atoms with E-state index in [4.69, 9.17) is 4.74 Å². The molecule has 1 aromatic heterocycles. The van der Waals surface area contributed by atoms with Crippen LogP contribution in [0.4, 0.5) is 0 Å². The van der Waals surface area contributed by atoms with Crippen molar-refractivity contribution >= 4 is 51.5 Å². The van der Waals surface area contributed by atoms with E-state index in [1.165, 1.54) is 51.4 Å². The van der Waals surface area contributed by atoms with Crippen LogP contribution in [0.25, 0.3) is 0 Å². The number of carbonyl (C=O) groups excluding carboxylic acids is 5. The number of aryl methyl sites for hydroxylation is 1. The molecule has 5 amide bonds. The Morgan fingerprint density at radius 2 is 0.957 bits per heavy atom. The van der Waals surface area contributed by atoms with E-state index in [9.17, 15) is 52.2 Å². The average molecular weight is 1000 g/mol. The van der Waals surface area contributed by atoms with Gasteiger partial charge in [-0.25, -0.2) is 23.1 Å². The number of nitrogens with zero attached hydrogens (tertiary/aromatic N) is 3. The van der Waals surface area contributed by atoms with Gasteiger partial charge in [0, 0.05) is 58.2 Å². The molecule has 1 rings (SSSR count). The van der Waals surface area contributed by atoms with Gasteiger partial charge in [0.15, 0.2) is 0 Å². The summed E-state index contributed by atoms with van der Waals surface area (Å²) in [4.78, 5) is 84.4. The molecule has 21 nitrogen and oxygen atoms in total. The number of tetrazole rings is 1. The van der Waals surface area contributed by atoms with E-state index in [2.05, 4.69) is 46.6 Å². The topological polar surface area (TPSA) is 318 Å². The molecule has 0 saturated heterocycles. The molecule has 0 aromatic carbocycles. The quantitative estimate of drug-likeness (QED) is 0.0384. The van der Waals surface area contributed by atoms with Crippen LogP contribution in [0.5, 0.6) is 0 Å². The Bertz CT molecular complexity index is 1690. The summed E-state index contributed by atoms with van der Waals surface area (Å²) in [5, 5.41) is 43.0. The molecule has 8 N–H and O–H groups in total. The zero-order valence-corrected chi connectivity index (χ0v) is 42.2. The number of carbonyl (C=O) groups is 7. The average Bonchev–Trinajstić information content (AvgIpc) is 3.83. The molecule has 0 bridgehead atoms. The van der Waals surface area contributed by atoms with E-state index in [1.54, 1.807) is 0 Å². The second-order valence-electron chi connectivity index (χ2n) is 17.7. The minimum atomic E-state index is -3.79. The Morgan fingerprint density at radius 1 is 0.536 bits per heavy atom. The number of nitrogens with one attached hydrogen (secondary N) is 6. The minimum absolute atomic E-state index is 0.0664. The third-order valence-corrected chi connectivity index (χ3v) is 12.9. The highest BCUT2D eigenvalue weighted by Crippen LogP contribution is 2.14. The molecule has 22 heteroatoms. The number of sulfonamides is 1. The van der Waals surface area contributed by atoms with Crippen LogP contribution in [0.2, 0.25) is 0 Å². The zero-order chi connectivity index (χ0) is 50.8. The molecule has 396 valence electrons. The van der Waals surface area contributed by atoms with Gasteiger partial charge >= 0.3 is 11.9 Å². The van der Waals surface area contributed by atoms with Crippen LogP contribution >= 0.6 is 0 Å². The lowest BCUT2D eigenvalue weighted by Gasteiger charge is -2.17. The molecule has 2 atom stereocenters. The van der Waals surface area contributed by atoms with Crippen LogP contribution in [0.3, 0.4) is 0 Å². The van der Waals surface area contributed by atoms with E-state index in [1.807, 2.05) is 6.92 Å². The van der Waals surface area contributed by atoms with Crippen LogP contribution in [0.1, 0.15) is 205 Å². The molecule has 0 fully saturated rings. The molecule has 0 aliphatic carbocycles. The third-order valence-electron chi connectivity index (χ3n) is 11.6. The van der Waals surface area contributed by atoms with Gasteiger partial charge in [0.1, 0.15) is 17.9 Å². The number of hydrogen-bond donors (Lipinski definition) is 8. The standard InChI is InChI=1S/C47H85N9O12S/c1-2-68-36-35-49-42(58)32-30-38(46(62)63)51-44(60)33-31-39(47(64)65)50-43(59)27-22-18-14-11-8-12-16-20-24-34-48-41(57)29-25-37-69(66,67)54-45(61)28-23-19-15-10-7-5-3-4-6-9-13-17-21-26-40-52-55-56-53-40/h38-39H,2-37H2,1H3,(H,48,57)(H,49,58)(H,50,59)(H,51,60)(H,54,61)(H,62,63)(H,64,65)(H,52,53,55,56). The first kappa shape index (κ1) is 62.3. The largest absolute Gasteiger partial charge is 0.480 e. The number of carboxylic acid groups (broad SMARTS) is 2. The lowest BCUT2D eigenvalue weighted by molar-refractivity contribution is -0.143. The molecule has 0 spiro atoms. The summed E-state index contributed by atoms with van der Waals surface area (Å²) in [5.74, 6) is -4.30. The number of H-pyrrole nitrogens is 1. The number of rotatable bonds is 47. The molecule has 2 unspecified atom stereocenters. The maximum atomic E-state index is 12.4. The van der Waals surface area contributed by atoms with E-state index in [-0.39, 0.29) is 75.5 Å². The Kier molecular flexibility index (Phi) is 37.1. The van der Waals surface area contributed by atoms with Gasteiger partial charge in [0.25, 0.3) is 0 Å². The molecule has 0 aliphatic rings. The van der Waals surface area contributed by atoms with Gasteiger partial charge in [-0.15, -0.1) is 5.10 Å². The number of ether oxygens (including phenoxy) is 1. The van der Waals surface area contributed by atoms with Gasteiger partial charge in [-0.2, -0.15) is 0 Å². The summed E-state index contributed by atoms with van der Waals surface area (Å²) in [7, 11) is -3.79. The lowest BCUT2D eigenvalue weighted by Crippen LogP contribution is -2.44. The number of unbranched alkanes of at least 4 members (excludes halogenated alkanes) is 20. The van der Waals surface area contributed by atoms with Gasteiger partial charge < -0.3 is 36.2 Å². The monoisotopic (exact) mass is 1000 g/mol. The van der Waals surface area contributed by atoms with Gasteiger partial charge in [-0.1, -0.05) is 116 Å². The maximum absolute atomic E-state index is 12.4. The summed E-state index contributed by atoms with van der Waals surface area (Å²) in [6.07, 6.45) is 23.3. The molecule has 69 heavy (non-hydrogen) atoms. The Balaban J connectivity index is 1.98. The van der Waals surface area contributed by atoms with Crippen molar-refractivity contribution in [3.63, 3.8) is 0 Å². The molecule has 0 aliphatic heterocycles. The van der Waals surface area contributed by atoms with E-state index < -0.39 is 51.8 Å². The van der Waals surface area contributed by atoms with Crippen LogP contribution < -0.4 is 26.0 Å². The summed E-state index contributed by atoms with van der Waals surface area (Å²) in [6.45, 7) is 3.42. The van der Waals surface area contributed by atoms with Crippen LogP contribution in [-0.4, -0.2) is 125 Å². The van der Waals surface area contributed by atoms with Crippen molar-refractivity contribution in [1.29, 1.82) is 0 Å². The van der Waals surface area contributed by atoms with Crippen LogP contribution in [-0.2, 0) is 54.7 Å². The number of aromatic amines is 1. The van der Waals surface area contributed by atoms with Gasteiger partial charge in [0.2, 0.25) is 39.6 Å². The third kappa shape index (κ3) is 37.8. The van der Waals surface area contributed by atoms with Crippen molar-refractivity contribution in [2.45, 2.75) is 218 Å². The number of aromatic nitrogens is 4. The van der Waals surface area contributed by atoms with Crippen molar-refractivity contribution in [1.82, 2.24) is 46.6 Å². The van der Waals surface area contributed by atoms with E-state index in [0.717, 1.165) is 89.3 Å². The number of amides is 5. The zero-order valence-electron chi connectivity index (χ0n) is 41.3. The first-order valence-corrected chi connectivity index (χ1v) is 27.3. The fourth-order valence-electron chi connectivity index (χ4n) is 7.56. The van der Waals surface area contributed by atoms with Gasteiger partial charge in [-0.3, -0.25) is 28.7 Å². The Hall–Kier alpha value is -4.73. The van der Waals surface area contributed by atoms with E-state index >= 15 is 0 Å². The first-order valence-electron chi connectivity index (χ1n) is 25.6. The SMILES string of the molecule is CCOCCNC(=O)CCC(NC(=O)CCC(NC(=O)CCCCCCCCCCCNC(=O)CCCS(=O)(=O)NC(=O)CCCCCCCCCCCCCCCc1nnn[nH]1)C(=O)O)C(=O)O. The summed E-state index contributed by atoms with van der Waals surface area (Å²) < 4.78 is 31.9. The highest BCUT2D eigenvalue weighted by Gasteiger charge is 2.24. The van der Waals surface area contributed by atoms with E-state index in [0.29, 0.717) is 32.6 Å². The predicted molar refractivity (Wildman–Crippen MR) is 260 cm³/mol. The molecule has 0 saturated carbocycles. The summed E-state index contributed by atoms with van der Waals surface area (Å²) in [5.41, 5.74) is 0. The van der Waals surface area contributed by atoms with Crippen molar-refractivity contribution in [2.24, 2.45) is 0 Å². The molecule has 0 radical (unpaired) electrons. The minimum Gasteiger partial charge on any atom is -0.480 e. The van der Waals surface area contributed by atoms with Gasteiger partial charge in [0.05, 0.1) is 12.4 Å². The number of carboxylic acids is 2. The first-order chi connectivity index (χ1) is 33.2. The lowest BCUT2D eigenvalue weighted by atomic mass is 10.0. The fraction of sp³-hybridized carbons (Fsp3) is 0.830. The smallest absolute Gasteiger partial charge is 0.326 e. The van der Waals surface area contributed by atoms with Crippen LogP contribution in [0.15, 0.2) is 0 Å². The predicted octanol–water partition coefficient (Wildman–Crippen LogP) is 5.30. The second kappa shape index (κ2) is 41.1. The Morgan fingerprint density at radius 3 is 1.45 bits per heavy atom. The summed E-state index contributed by atoms with van der Waals surface area (Å²) >= 11 is 0. The van der Waals surface area contributed by atoms with Crippen LogP contribution in [0, 0.1) is 0 Å². The second-order valence-corrected chi connectivity index (χ2v) is 19.6. The molecular formula is C47H85N9O12S. The van der Waals surface area contributed by atoms with Gasteiger partial charge in [-0.05, 0) is 62.3 Å². The van der Waals surface area contributed by atoms with Crippen molar-refractivity contribution < 1.29 is 56.9 Å². The maximum Gasteiger partial charge on any atom is 0.326 e. The molecule has 1 aromatic rings. The number of hydrogen-bond acceptors (Lipinski definition) is 13. The van der Waals surface area contributed by atoms with Crippen molar-refractivity contribution in [3.8, 4) is 0 Å². The molecular weight excluding hydrogens is 915 g/mol. The fourth-order valence-corrected chi connectivity index (χ4v) is 8.64. The highest BCUT2D eigenvalue weighted by atomic mass is 32.2. The summed E-state index contributed by atoms with van der Waals surface area (Å²) in [6, 6.07) is -2.64. The Labute approximate surface area is 409 Å². The van der Waals surface area contributed by atoms with Crippen molar-refractivity contribution in [3.05, 3.63) is 5.82 Å². The van der Waals surface area contributed by atoms with Crippen molar-refractivity contribution in [2.75, 3.05) is 32.1 Å².